The quantitative estimate of drug-likeness (QED) is 0.0864. The lowest BCUT2D eigenvalue weighted by Crippen LogP contribution is -2.59. The van der Waals surface area contributed by atoms with Crippen LogP contribution in [0, 0.1) is 11.8 Å². The Morgan fingerprint density at radius 2 is 1.48 bits per heavy atom. The SMILES string of the molecule is CC[C@H](C)[C@H](NC(=O)[C@@H]1CCCN1)C(=O)N[C@@H](CC(C)C)C(=O)N[C@@H](CCC(=O)O)C(=O)N[C@@H](CCCCN)C(=O)O. The fraction of sp³-hybridized carbons (Fsp3) is 0.786. The number of rotatable bonds is 20. The highest BCUT2D eigenvalue weighted by Gasteiger charge is 2.34. The van der Waals surface area contributed by atoms with Crippen LogP contribution >= 0.6 is 0 Å². The second-order valence-corrected chi connectivity index (χ2v) is 11.4. The highest BCUT2D eigenvalue weighted by atomic mass is 16.4. The van der Waals surface area contributed by atoms with Gasteiger partial charge in [-0.1, -0.05) is 34.1 Å². The molecule has 0 saturated carbocycles. The molecule has 0 radical (unpaired) electrons. The number of aliphatic carboxylic acids is 2. The molecule has 4 amide bonds. The molecule has 14 heteroatoms. The van der Waals surface area contributed by atoms with Crippen LogP contribution in [0.15, 0.2) is 0 Å². The summed E-state index contributed by atoms with van der Waals surface area (Å²) in [7, 11) is 0. The number of unbranched alkanes of at least 4 members (excludes halogenated alkanes) is 1. The number of carboxylic acids is 2. The third kappa shape index (κ3) is 13.1. The normalized spacial score (nSPS) is 18.3. The Morgan fingerprint density at radius 1 is 0.857 bits per heavy atom. The molecule has 1 fully saturated rings. The zero-order valence-corrected chi connectivity index (χ0v) is 25.2. The summed E-state index contributed by atoms with van der Waals surface area (Å²) in [6, 6.07) is -4.98. The van der Waals surface area contributed by atoms with E-state index in [1.807, 2.05) is 27.7 Å². The number of amides is 4. The molecule has 1 rings (SSSR count). The van der Waals surface area contributed by atoms with Gasteiger partial charge < -0.3 is 42.5 Å². The molecule has 0 aromatic rings. The van der Waals surface area contributed by atoms with Crippen molar-refractivity contribution in [1.29, 1.82) is 0 Å². The molecular formula is C28H50N6O8. The Labute approximate surface area is 247 Å². The molecule has 9 N–H and O–H groups in total. The van der Waals surface area contributed by atoms with Gasteiger partial charge in [-0.3, -0.25) is 24.0 Å². The van der Waals surface area contributed by atoms with Gasteiger partial charge in [-0.05, 0) is 69.9 Å². The van der Waals surface area contributed by atoms with Crippen LogP contribution in [-0.2, 0) is 28.8 Å². The second-order valence-electron chi connectivity index (χ2n) is 11.4. The maximum Gasteiger partial charge on any atom is 0.326 e. The molecule has 0 aromatic heterocycles. The Kier molecular flexibility index (Phi) is 16.7. The smallest absolute Gasteiger partial charge is 0.326 e. The zero-order chi connectivity index (χ0) is 31.8. The third-order valence-electron chi connectivity index (χ3n) is 7.35. The van der Waals surface area contributed by atoms with Gasteiger partial charge in [-0.15, -0.1) is 0 Å². The highest BCUT2D eigenvalue weighted by Crippen LogP contribution is 2.13. The predicted molar refractivity (Wildman–Crippen MR) is 155 cm³/mol. The molecule has 240 valence electrons. The third-order valence-corrected chi connectivity index (χ3v) is 7.35. The molecule has 6 atom stereocenters. The molecular weight excluding hydrogens is 548 g/mol. The van der Waals surface area contributed by atoms with Crippen molar-refractivity contribution in [3.63, 3.8) is 0 Å². The maximum absolute atomic E-state index is 13.4. The van der Waals surface area contributed by atoms with Crippen molar-refractivity contribution in [3.05, 3.63) is 0 Å². The molecule has 0 aliphatic carbocycles. The van der Waals surface area contributed by atoms with E-state index in [0.29, 0.717) is 38.8 Å². The van der Waals surface area contributed by atoms with Crippen molar-refractivity contribution in [2.75, 3.05) is 13.1 Å². The average Bonchev–Trinajstić information content (AvgIpc) is 3.47. The van der Waals surface area contributed by atoms with E-state index in [9.17, 15) is 39.0 Å². The van der Waals surface area contributed by atoms with Gasteiger partial charge in [0.2, 0.25) is 23.6 Å². The van der Waals surface area contributed by atoms with Crippen LogP contribution in [-0.4, -0.2) is 89.1 Å². The summed E-state index contributed by atoms with van der Waals surface area (Å²) in [4.78, 5) is 75.6. The van der Waals surface area contributed by atoms with E-state index in [1.54, 1.807) is 0 Å². The standard InChI is InChI=1S/C28H50N6O8/c1-5-17(4)23(34-24(37)18-10-8-14-30-18)27(40)33-21(15-16(2)3)26(39)31-19(11-12-22(35)36)25(38)32-20(28(41)42)9-6-7-13-29/h16-21,23,30H,5-15,29H2,1-4H3,(H,31,39)(H,32,38)(H,33,40)(H,34,37)(H,35,36)(H,41,42)/t17-,18-,19-,20-,21-,23-/m0/s1. The Morgan fingerprint density at radius 3 is 2.00 bits per heavy atom. The van der Waals surface area contributed by atoms with Gasteiger partial charge in [0.25, 0.3) is 0 Å². The van der Waals surface area contributed by atoms with Gasteiger partial charge in [-0.25, -0.2) is 4.79 Å². The van der Waals surface area contributed by atoms with Gasteiger partial charge in [-0.2, -0.15) is 0 Å². The molecule has 1 aliphatic heterocycles. The molecule has 1 aliphatic rings. The summed E-state index contributed by atoms with van der Waals surface area (Å²) in [5.74, 6) is -5.14. The van der Waals surface area contributed by atoms with Crippen LogP contribution in [0.2, 0.25) is 0 Å². The summed E-state index contributed by atoms with van der Waals surface area (Å²) in [5.41, 5.74) is 5.46. The number of hydrogen-bond acceptors (Lipinski definition) is 8. The molecule has 0 aromatic carbocycles. The lowest BCUT2D eigenvalue weighted by Gasteiger charge is -2.29. The van der Waals surface area contributed by atoms with E-state index < -0.39 is 66.3 Å². The summed E-state index contributed by atoms with van der Waals surface area (Å²) >= 11 is 0. The minimum Gasteiger partial charge on any atom is -0.481 e. The molecule has 14 nitrogen and oxygen atoms in total. The van der Waals surface area contributed by atoms with Crippen molar-refractivity contribution in [3.8, 4) is 0 Å². The number of nitrogens with one attached hydrogen (secondary N) is 5. The first-order valence-corrected chi connectivity index (χ1v) is 14.9. The maximum atomic E-state index is 13.4. The van der Waals surface area contributed by atoms with E-state index in [2.05, 4.69) is 26.6 Å². The van der Waals surface area contributed by atoms with E-state index in [4.69, 9.17) is 5.73 Å². The van der Waals surface area contributed by atoms with E-state index in [0.717, 1.165) is 6.42 Å². The van der Waals surface area contributed by atoms with Crippen molar-refractivity contribution in [1.82, 2.24) is 26.6 Å². The minimum absolute atomic E-state index is 0.0504. The highest BCUT2D eigenvalue weighted by molar-refractivity contribution is 5.95. The minimum atomic E-state index is -1.35. The Bertz CT molecular complexity index is 924. The molecule has 0 bridgehead atoms. The van der Waals surface area contributed by atoms with Crippen LogP contribution in [0.3, 0.4) is 0 Å². The van der Waals surface area contributed by atoms with E-state index in [-0.39, 0.29) is 37.0 Å². The number of carbonyl (C=O) groups excluding carboxylic acids is 4. The number of carbonyl (C=O) groups is 6. The summed E-state index contributed by atoms with van der Waals surface area (Å²) in [6.07, 6.45) is 2.69. The summed E-state index contributed by atoms with van der Waals surface area (Å²) < 4.78 is 0. The van der Waals surface area contributed by atoms with E-state index >= 15 is 0 Å². The zero-order valence-electron chi connectivity index (χ0n) is 25.2. The fourth-order valence-electron chi connectivity index (χ4n) is 4.66. The van der Waals surface area contributed by atoms with E-state index in [1.165, 1.54) is 0 Å². The van der Waals surface area contributed by atoms with Gasteiger partial charge in [0.15, 0.2) is 0 Å². The van der Waals surface area contributed by atoms with Crippen LogP contribution in [0.4, 0.5) is 0 Å². The molecule has 0 unspecified atom stereocenters. The fourth-order valence-corrected chi connectivity index (χ4v) is 4.66. The molecule has 0 spiro atoms. The second kappa shape index (κ2) is 19.0. The van der Waals surface area contributed by atoms with Gasteiger partial charge in [0, 0.05) is 6.42 Å². The largest absolute Gasteiger partial charge is 0.481 e. The monoisotopic (exact) mass is 598 g/mol. The molecule has 1 saturated heterocycles. The first-order valence-electron chi connectivity index (χ1n) is 14.9. The first-order chi connectivity index (χ1) is 19.8. The van der Waals surface area contributed by atoms with Crippen LogP contribution in [0.1, 0.15) is 85.5 Å². The van der Waals surface area contributed by atoms with Gasteiger partial charge in [0.1, 0.15) is 24.2 Å². The summed E-state index contributed by atoms with van der Waals surface area (Å²) in [6.45, 7) is 8.48. The predicted octanol–water partition coefficient (Wildman–Crippen LogP) is -0.152. The summed E-state index contributed by atoms with van der Waals surface area (Å²) in [5, 5.41) is 32.3. The van der Waals surface area contributed by atoms with Crippen LogP contribution < -0.4 is 32.3 Å². The number of carboxylic acid groups (broad SMARTS) is 2. The van der Waals surface area contributed by atoms with Crippen LogP contribution in [0.5, 0.6) is 0 Å². The first kappa shape index (κ1) is 36.8. The molecule has 42 heavy (non-hydrogen) atoms. The van der Waals surface area contributed by atoms with Crippen molar-refractivity contribution >= 4 is 35.6 Å². The van der Waals surface area contributed by atoms with Crippen molar-refractivity contribution in [2.24, 2.45) is 17.6 Å². The van der Waals surface area contributed by atoms with Gasteiger partial charge >= 0.3 is 11.9 Å². The Balaban J connectivity index is 3.09. The lowest BCUT2D eigenvalue weighted by atomic mass is 9.96. The lowest BCUT2D eigenvalue weighted by molar-refractivity contribution is -0.143. The average molecular weight is 599 g/mol. The van der Waals surface area contributed by atoms with Crippen LogP contribution in [0.25, 0.3) is 0 Å². The number of nitrogens with two attached hydrogens (primary N) is 1. The topological polar surface area (TPSA) is 229 Å². The number of hydrogen-bond donors (Lipinski definition) is 8. The van der Waals surface area contributed by atoms with Crippen molar-refractivity contribution < 1.29 is 39.0 Å². The molecule has 1 heterocycles. The van der Waals surface area contributed by atoms with Crippen molar-refractivity contribution in [2.45, 2.75) is 116 Å². The van der Waals surface area contributed by atoms with Gasteiger partial charge in [0.05, 0.1) is 6.04 Å². The Hall–Kier alpha value is -3.26.